The zero-order chi connectivity index (χ0) is 18.4. The van der Waals surface area contributed by atoms with Crippen LogP contribution < -0.4 is 24.4 Å². The van der Waals surface area contributed by atoms with Crippen molar-refractivity contribution in [3.8, 4) is 17.2 Å². The van der Waals surface area contributed by atoms with Crippen molar-refractivity contribution in [2.75, 3.05) is 38.1 Å². The topological polar surface area (TPSA) is 60.0 Å². The summed E-state index contributed by atoms with van der Waals surface area (Å²) in [6, 6.07) is 10.7. The number of carbonyl (C=O) groups is 1. The SMILES string of the molecule is CCN(C(=O)Nc1cc(OC)ccc1OC)c1cc(C)ccc1OC. The maximum Gasteiger partial charge on any atom is 0.326 e. The molecule has 0 bridgehead atoms. The zero-order valence-electron chi connectivity index (χ0n) is 15.3. The molecule has 0 spiro atoms. The molecule has 0 saturated heterocycles. The number of carbonyl (C=O) groups excluding carboxylic acids is 1. The Morgan fingerprint density at radius 2 is 1.68 bits per heavy atom. The largest absolute Gasteiger partial charge is 0.497 e. The molecular formula is C19H24N2O4. The van der Waals surface area contributed by atoms with Crippen LogP contribution in [0, 0.1) is 6.92 Å². The van der Waals surface area contributed by atoms with Gasteiger partial charge in [0.2, 0.25) is 0 Å². The average molecular weight is 344 g/mol. The molecular weight excluding hydrogens is 320 g/mol. The molecule has 0 saturated carbocycles. The number of hydrogen-bond donors (Lipinski definition) is 1. The second-order valence-electron chi connectivity index (χ2n) is 5.42. The van der Waals surface area contributed by atoms with Crippen LogP contribution in [0.2, 0.25) is 0 Å². The third-order valence-electron chi connectivity index (χ3n) is 3.83. The van der Waals surface area contributed by atoms with Crippen LogP contribution in [0.1, 0.15) is 12.5 Å². The highest BCUT2D eigenvalue weighted by Crippen LogP contribution is 2.32. The normalized spacial score (nSPS) is 10.1. The Labute approximate surface area is 148 Å². The summed E-state index contributed by atoms with van der Waals surface area (Å²) in [5.41, 5.74) is 2.29. The number of nitrogens with one attached hydrogen (secondary N) is 1. The van der Waals surface area contributed by atoms with Crippen LogP contribution in [0.3, 0.4) is 0 Å². The van der Waals surface area contributed by atoms with Crippen molar-refractivity contribution in [3.05, 3.63) is 42.0 Å². The Kier molecular flexibility index (Phi) is 6.11. The zero-order valence-corrected chi connectivity index (χ0v) is 15.3. The molecule has 0 aliphatic carbocycles. The van der Waals surface area contributed by atoms with E-state index in [2.05, 4.69) is 5.32 Å². The molecule has 2 aromatic carbocycles. The first-order valence-electron chi connectivity index (χ1n) is 7.99. The van der Waals surface area contributed by atoms with Crippen LogP contribution in [-0.2, 0) is 0 Å². The molecule has 134 valence electrons. The molecule has 1 N–H and O–H groups in total. The fourth-order valence-corrected chi connectivity index (χ4v) is 2.53. The lowest BCUT2D eigenvalue weighted by Gasteiger charge is -2.24. The highest BCUT2D eigenvalue weighted by molar-refractivity contribution is 6.03. The second kappa shape index (κ2) is 8.28. The summed E-state index contributed by atoms with van der Waals surface area (Å²) < 4.78 is 15.9. The predicted octanol–water partition coefficient (Wildman–Crippen LogP) is 4.08. The molecule has 0 unspecified atom stereocenters. The number of amides is 2. The number of ether oxygens (including phenoxy) is 3. The number of nitrogens with zero attached hydrogens (tertiary/aromatic N) is 1. The van der Waals surface area contributed by atoms with Gasteiger partial charge in [0.15, 0.2) is 0 Å². The van der Waals surface area contributed by atoms with Crippen LogP contribution in [0.15, 0.2) is 36.4 Å². The van der Waals surface area contributed by atoms with Gasteiger partial charge in [-0.2, -0.15) is 0 Å². The van der Waals surface area contributed by atoms with E-state index in [-0.39, 0.29) is 6.03 Å². The highest BCUT2D eigenvalue weighted by atomic mass is 16.5. The lowest BCUT2D eigenvalue weighted by atomic mass is 10.2. The Hall–Kier alpha value is -2.89. The Morgan fingerprint density at radius 3 is 2.28 bits per heavy atom. The number of methoxy groups -OCH3 is 3. The summed E-state index contributed by atoms with van der Waals surface area (Å²) in [5, 5.41) is 2.88. The molecule has 2 amide bonds. The minimum Gasteiger partial charge on any atom is -0.497 e. The summed E-state index contributed by atoms with van der Waals surface area (Å²) in [6.07, 6.45) is 0. The van der Waals surface area contributed by atoms with E-state index in [4.69, 9.17) is 14.2 Å². The molecule has 0 aromatic heterocycles. The Balaban J connectivity index is 2.34. The van der Waals surface area contributed by atoms with E-state index in [0.29, 0.717) is 35.2 Å². The van der Waals surface area contributed by atoms with Crippen molar-refractivity contribution in [2.45, 2.75) is 13.8 Å². The number of benzene rings is 2. The Bertz CT molecular complexity index is 746. The number of rotatable bonds is 6. The van der Waals surface area contributed by atoms with E-state index in [0.717, 1.165) is 5.56 Å². The van der Waals surface area contributed by atoms with Gasteiger partial charge in [0, 0.05) is 12.6 Å². The highest BCUT2D eigenvalue weighted by Gasteiger charge is 2.19. The van der Waals surface area contributed by atoms with Crippen LogP contribution in [0.25, 0.3) is 0 Å². The van der Waals surface area contributed by atoms with Crippen molar-refractivity contribution in [2.24, 2.45) is 0 Å². The second-order valence-corrected chi connectivity index (χ2v) is 5.42. The third kappa shape index (κ3) is 4.15. The van der Waals surface area contributed by atoms with Gasteiger partial charge in [-0.05, 0) is 43.7 Å². The number of aryl methyl sites for hydroxylation is 1. The van der Waals surface area contributed by atoms with Crippen LogP contribution in [-0.4, -0.2) is 33.9 Å². The van der Waals surface area contributed by atoms with E-state index in [9.17, 15) is 4.79 Å². The van der Waals surface area contributed by atoms with Gasteiger partial charge in [-0.1, -0.05) is 6.07 Å². The monoisotopic (exact) mass is 344 g/mol. The van der Waals surface area contributed by atoms with Crippen LogP contribution in [0.5, 0.6) is 17.2 Å². The molecule has 2 aromatic rings. The van der Waals surface area contributed by atoms with Crippen LogP contribution in [0.4, 0.5) is 16.2 Å². The molecule has 6 nitrogen and oxygen atoms in total. The first-order valence-corrected chi connectivity index (χ1v) is 7.99. The summed E-state index contributed by atoms with van der Waals surface area (Å²) in [5.74, 6) is 1.83. The fourth-order valence-electron chi connectivity index (χ4n) is 2.53. The maximum absolute atomic E-state index is 12.9. The molecule has 6 heteroatoms. The summed E-state index contributed by atoms with van der Waals surface area (Å²) >= 11 is 0. The minimum atomic E-state index is -0.280. The van der Waals surface area contributed by atoms with E-state index in [1.54, 1.807) is 44.4 Å². The third-order valence-corrected chi connectivity index (χ3v) is 3.83. The average Bonchev–Trinajstić information content (AvgIpc) is 2.62. The molecule has 0 atom stereocenters. The standard InChI is InChI=1S/C19H24N2O4/c1-6-21(16-11-13(2)7-9-18(16)25-5)19(22)20-15-12-14(23-3)8-10-17(15)24-4/h7-12H,6H2,1-5H3,(H,20,22). The quantitative estimate of drug-likeness (QED) is 0.858. The van der Waals surface area contributed by atoms with Crippen LogP contribution >= 0.6 is 0 Å². The summed E-state index contributed by atoms with van der Waals surface area (Å²) in [7, 11) is 4.72. The first kappa shape index (κ1) is 18.4. The Morgan fingerprint density at radius 1 is 1.00 bits per heavy atom. The van der Waals surface area contributed by atoms with Gasteiger partial charge < -0.3 is 19.5 Å². The maximum atomic E-state index is 12.9. The molecule has 0 aliphatic rings. The molecule has 2 rings (SSSR count). The van der Waals surface area contributed by atoms with Gasteiger partial charge >= 0.3 is 6.03 Å². The minimum absolute atomic E-state index is 0.280. The number of hydrogen-bond acceptors (Lipinski definition) is 4. The van der Waals surface area contributed by atoms with E-state index >= 15 is 0 Å². The smallest absolute Gasteiger partial charge is 0.326 e. The summed E-state index contributed by atoms with van der Waals surface area (Å²) in [4.78, 5) is 14.5. The van der Waals surface area contributed by atoms with E-state index in [1.807, 2.05) is 32.0 Å². The molecule has 0 radical (unpaired) electrons. The number of anilines is 2. The van der Waals surface area contributed by atoms with Gasteiger partial charge in [0.1, 0.15) is 17.2 Å². The molecule has 0 heterocycles. The van der Waals surface area contributed by atoms with Gasteiger partial charge in [-0.25, -0.2) is 4.79 Å². The van der Waals surface area contributed by atoms with Gasteiger partial charge in [-0.15, -0.1) is 0 Å². The first-order chi connectivity index (χ1) is 12.0. The van der Waals surface area contributed by atoms with Gasteiger partial charge in [0.05, 0.1) is 32.7 Å². The van der Waals surface area contributed by atoms with Crippen molar-refractivity contribution in [1.29, 1.82) is 0 Å². The number of urea groups is 1. The molecule has 0 aliphatic heterocycles. The van der Waals surface area contributed by atoms with Crippen molar-refractivity contribution < 1.29 is 19.0 Å². The van der Waals surface area contributed by atoms with Crippen molar-refractivity contribution in [1.82, 2.24) is 0 Å². The molecule has 25 heavy (non-hydrogen) atoms. The van der Waals surface area contributed by atoms with Gasteiger partial charge in [-0.3, -0.25) is 4.90 Å². The summed E-state index contributed by atoms with van der Waals surface area (Å²) in [6.45, 7) is 4.36. The van der Waals surface area contributed by atoms with E-state index < -0.39 is 0 Å². The van der Waals surface area contributed by atoms with Gasteiger partial charge in [0.25, 0.3) is 0 Å². The lowest BCUT2D eigenvalue weighted by molar-refractivity contribution is 0.257. The fraction of sp³-hybridized carbons (Fsp3) is 0.316. The van der Waals surface area contributed by atoms with Crippen molar-refractivity contribution >= 4 is 17.4 Å². The van der Waals surface area contributed by atoms with Crippen molar-refractivity contribution in [3.63, 3.8) is 0 Å². The van der Waals surface area contributed by atoms with E-state index in [1.165, 1.54) is 0 Å². The predicted molar refractivity (Wildman–Crippen MR) is 99.3 cm³/mol. The lowest BCUT2D eigenvalue weighted by Crippen LogP contribution is -2.35. The molecule has 0 fully saturated rings.